The molecule has 0 aromatic heterocycles. The summed E-state index contributed by atoms with van der Waals surface area (Å²) in [5, 5.41) is 2.55. The normalized spacial score (nSPS) is 20.2. The van der Waals surface area contributed by atoms with Gasteiger partial charge in [0.1, 0.15) is 6.04 Å². The van der Waals surface area contributed by atoms with Gasteiger partial charge in [-0.25, -0.2) is 8.42 Å². The van der Waals surface area contributed by atoms with Gasteiger partial charge in [-0.15, -0.1) is 0 Å². The van der Waals surface area contributed by atoms with Gasteiger partial charge in [-0.3, -0.25) is 4.79 Å². The number of nitrogens with zero attached hydrogens (tertiary/aromatic N) is 1. The monoisotopic (exact) mass is 438 g/mol. The molecule has 5 nitrogen and oxygen atoms in total. The van der Waals surface area contributed by atoms with Crippen molar-refractivity contribution in [2.75, 3.05) is 13.6 Å². The second-order valence-electron chi connectivity index (χ2n) is 4.82. The van der Waals surface area contributed by atoms with Gasteiger partial charge in [0.05, 0.1) is 4.90 Å². The van der Waals surface area contributed by atoms with E-state index < -0.39 is 16.1 Å². The van der Waals surface area contributed by atoms with E-state index in [1.54, 1.807) is 18.2 Å². The number of nitrogens with one attached hydrogen (secondary N) is 1. The van der Waals surface area contributed by atoms with Gasteiger partial charge in [-0.2, -0.15) is 4.31 Å². The summed E-state index contributed by atoms with van der Waals surface area (Å²) in [6.45, 7) is 0.364. The largest absolute Gasteiger partial charge is 0.358 e. The lowest BCUT2D eigenvalue weighted by molar-refractivity contribution is -0.125. The lowest BCUT2D eigenvalue weighted by Gasteiger charge is -2.33. The first-order chi connectivity index (χ1) is 9.87. The lowest BCUT2D eigenvalue weighted by atomic mass is 10.0. The number of benzene rings is 1. The molecule has 1 fully saturated rings. The van der Waals surface area contributed by atoms with Crippen LogP contribution in [0.5, 0.6) is 0 Å². The molecule has 1 aromatic rings. The van der Waals surface area contributed by atoms with Crippen LogP contribution in [0.2, 0.25) is 0 Å². The molecule has 2 rings (SSSR count). The molecule has 21 heavy (non-hydrogen) atoms. The second kappa shape index (κ2) is 6.76. The molecule has 0 spiro atoms. The summed E-state index contributed by atoms with van der Waals surface area (Å²) in [5.41, 5.74) is 0. The van der Waals surface area contributed by atoms with E-state index in [2.05, 4.69) is 37.2 Å². The lowest BCUT2D eigenvalue weighted by Crippen LogP contribution is -2.51. The topological polar surface area (TPSA) is 66.5 Å². The molecule has 1 amide bonds. The maximum absolute atomic E-state index is 12.9. The molecular formula is C13H16Br2N2O3S. The van der Waals surface area contributed by atoms with E-state index in [-0.39, 0.29) is 10.8 Å². The summed E-state index contributed by atoms with van der Waals surface area (Å²) in [7, 11) is -2.18. The Morgan fingerprint density at radius 2 is 2.05 bits per heavy atom. The predicted molar refractivity (Wildman–Crippen MR) is 87.4 cm³/mol. The summed E-state index contributed by atoms with van der Waals surface area (Å²) >= 11 is 6.59. The fourth-order valence-corrected chi connectivity index (χ4v) is 5.80. The van der Waals surface area contributed by atoms with Gasteiger partial charge in [-0.1, -0.05) is 22.4 Å². The van der Waals surface area contributed by atoms with Crippen LogP contribution in [0.3, 0.4) is 0 Å². The highest BCUT2D eigenvalue weighted by atomic mass is 79.9. The van der Waals surface area contributed by atoms with Crippen LogP contribution in [0.25, 0.3) is 0 Å². The van der Waals surface area contributed by atoms with Crippen LogP contribution in [-0.4, -0.2) is 38.3 Å². The van der Waals surface area contributed by atoms with E-state index in [0.29, 0.717) is 17.4 Å². The van der Waals surface area contributed by atoms with Gasteiger partial charge < -0.3 is 5.32 Å². The van der Waals surface area contributed by atoms with Gasteiger partial charge >= 0.3 is 0 Å². The number of hydrogen-bond acceptors (Lipinski definition) is 3. The van der Waals surface area contributed by atoms with Crippen molar-refractivity contribution >= 4 is 47.8 Å². The molecule has 1 unspecified atom stereocenters. The van der Waals surface area contributed by atoms with E-state index in [9.17, 15) is 13.2 Å². The van der Waals surface area contributed by atoms with Crippen molar-refractivity contribution in [2.24, 2.45) is 0 Å². The highest BCUT2D eigenvalue weighted by Gasteiger charge is 2.37. The second-order valence-corrected chi connectivity index (χ2v) is 8.45. The summed E-state index contributed by atoms with van der Waals surface area (Å²) in [6.07, 6.45) is 2.17. The first-order valence-electron chi connectivity index (χ1n) is 6.56. The van der Waals surface area contributed by atoms with Gasteiger partial charge in [0, 0.05) is 22.5 Å². The minimum atomic E-state index is -3.71. The highest BCUT2D eigenvalue weighted by Crippen LogP contribution is 2.31. The molecule has 1 heterocycles. The van der Waals surface area contributed by atoms with Crippen LogP contribution in [0.4, 0.5) is 0 Å². The standard InChI is InChI=1S/C13H16Br2N2O3S/c1-16-13(18)11-4-2-3-7-17(11)21(19,20)12-6-5-9(14)8-10(12)15/h5-6,8,11H,2-4,7H2,1H3,(H,16,18). The molecule has 8 heteroatoms. The maximum Gasteiger partial charge on any atom is 0.244 e. The van der Waals surface area contributed by atoms with E-state index >= 15 is 0 Å². The Kier molecular flexibility index (Phi) is 5.45. The zero-order valence-corrected chi connectivity index (χ0v) is 15.5. The third-order valence-corrected chi connectivity index (χ3v) is 6.86. The predicted octanol–water partition coefficient (Wildman–Crippen LogP) is 2.50. The molecule has 1 aliphatic rings. The van der Waals surface area contributed by atoms with Gasteiger partial charge in [0.25, 0.3) is 0 Å². The molecule has 0 bridgehead atoms. The summed E-state index contributed by atoms with van der Waals surface area (Å²) in [6, 6.07) is 4.27. The number of rotatable bonds is 3. The molecule has 1 atom stereocenters. The Morgan fingerprint density at radius 1 is 1.33 bits per heavy atom. The first kappa shape index (κ1) is 16.9. The molecule has 0 saturated carbocycles. The number of halogens is 2. The Hall–Kier alpha value is -0.440. The molecule has 1 N–H and O–H groups in total. The maximum atomic E-state index is 12.9. The number of piperidine rings is 1. The van der Waals surface area contributed by atoms with Gasteiger partial charge in [0.15, 0.2) is 0 Å². The van der Waals surface area contributed by atoms with Crippen LogP contribution < -0.4 is 5.32 Å². The number of likely N-dealkylation sites (N-methyl/N-ethyl adjacent to an activating group) is 1. The average Bonchev–Trinajstić information content (AvgIpc) is 2.46. The van der Waals surface area contributed by atoms with E-state index in [1.165, 1.54) is 11.4 Å². The number of sulfonamides is 1. The Bertz CT molecular complexity index is 649. The van der Waals surface area contributed by atoms with Crippen molar-refractivity contribution in [3.05, 3.63) is 27.1 Å². The van der Waals surface area contributed by atoms with Crippen molar-refractivity contribution in [3.8, 4) is 0 Å². The van der Waals surface area contributed by atoms with Crippen LogP contribution in [0, 0.1) is 0 Å². The van der Waals surface area contributed by atoms with Crippen molar-refractivity contribution in [1.82, 2.24) is 9.62 Å². The van der Waals surface area contributed by atoms with E-state index in [1.807, 2.05) is 0 Å². The number of carbonyl (C=O) groups is 1. The quantitative estimate of drug-likeness (QED) is 0.786. The van der Waals surface area contributed by atoms with Crippen LogP contribution >= 0.6 is 31.9 Å². The number of amides is 1. The molecule has 1 saturated heterocycles. The van der Waals surface area contributed by atoms with Gasteiger partial charge in [-0.05, 0) is 47.0 Å². The molecule has 1 aliphatic heterocycles. The van der Waals surface area contributed by atoms with Gasteiger partial charge in [0.2, 0.25) is 15.9 Å². The fourth-order valence-electron chi connectivity index (χ4n) is 2.43. The molecule has 0 aliphatic carbocycles. The smallest absolute Gasteiger partial charge is 0.244 e. The Morgan fingerprint density at radius 3 is 2.67 bits per heavy atom. The summed E-state index contributed by atoms with van der Waals surface area (Å²) < 4.78 is 28.3. The van der Waals surface area contributed by atoms with E-state index in [0.717, 1.165) is 17.3 Å². The summed E-state index contributed by atoms with van der Waals surface area (Å²) in [4.78, 5) is 12.1. The molecule has 116 valence electrons. The van der Waals surface area contributed by atoms with Crippen molar-refractivity contribution in [1.29, 1.82) is 0 Å². The summed E-state index contributed by atoms with van der Waals surface area (Å²) in [5.74, 6) is -0.258. The third-order valence-electron chi connectivity index (χ3n) is 3.48. The number of carbonyl (C=O) groups excluding carboxylic acids is 1. The van der Waals surface area contributed by atoms with Crippen molar-refractivity contribution < 1.29 is 13.2 Å². The average molecular weight is 440 g/mol. The minimum absolute atomic E-state index is 0.182. The molecule has 1 aromatic carbocycles. The zero-order valence-electron chi connectivity index (χ0n) is 11.5. The molecule has 0 radical (unpaired) electrons. The Balaban J connectivity index is 2.43. The zero-order chi connectivity index (χ0) is 15.6. The first-order valence-corrected chi connectivity index (χ1v) is 9.59. The highest BCUT2D eigenvalue weighted by molar-refractivity contribution is 9.11. The third kappa shape index (κ3) is 3.49. The SMILES string of the molecule is CNC(=O)C1CCCCN1S(=O)(=O)c1ccc(Br)cc1Br. The fraction of sp³-hybridized carbons (Fsp3) is 0.462. The van der Waals surface area contributed by atoms with E-state index in [4.69, 9.17) is 0 Å². The number of hydrogen-bond donors (Lipinski definition) is 1. The van der Waals surface area contributed by atoms with Crippen LogP contribution in [0.1, 0.15) is 19.3 Å². The Labute approximate surface area is 141 Å². The molecular weight excluding hydrogens is 424 g/mol. The van der Waals surface area contributed by atoms with Crippen molar-refractivity contribution in [2.45, 2.75) is 30.2 Å². The minimum Gasteiger partial charge on any atom is -0.358 e. The van der Waals surface area contributed by atoms with Crippen molar-refractivity contribution in [3.63, 3.8) is 0 Å². The van der Waals surface area contributed by atoms with Crippen LogP contribution in [0.15, 0.2) is 32.0 Å². The van der Waals surface area contributed by atoms with Crippen LogP contribution in [-0.2, 0) is 14.8 Å².